The molecule has 4 rings (SSSR count). The predicted molar refractivity (Wildman–Crippen MR) is 103 cm³/mol. The second-order valence-electron chi connectivity index (χ2n) is 5.85. The standard InChI is InChI=1S/C18H8Cl2N6O3/c19-12-13(20)17(29)11-10(15(27)8-3-1-2-4-9(8)16(11)28)14(12)22-6-7(5-21)18-23-25-26-24-18/h1-4,6,22,29H,(H,23,24,25,26). The number of nitrogens with one attached hydrogen (secondary N) is 2. The molecule has 3 aromatic rings. The number of halogens is 2. The molecule has 0 radical (unpaired) electrons. The maximum atomic E-state index is 13.1. The smallest absolute Gasteiger partial charge is 0.216 e. The Balaban J connectivity index is 1.93. The molecule has 0 saturated carbocycles. The van der Waals surface area contributed by atoms with E-state index in [0.29, 0.717) is 0 Å². The number of nitriles is 1. The highest BCUT2D eigenvalue weighted by Gasteiger charge is 2.36. The van der Waals surface area contributed by atoms with Crippen molar-refractivity contribution in [1.29, 1.82) is 5.26 Å². The number of hydrogen-bond acceptors (Lipinski definition) is 8. The summed E-state index contributed by atoms with van der Waals surface area (Å²) in [4.78, 5) is 26.0. The Morgan fingerprint density at radius 3 is 2.38 bits per heavy atom. The van der Waals surface area contributed by atoms with Crippen molar-refractivity contribution < 1.29 is 14.7 Å². The van der Waals surface area contributed by atoms with Gasteiger partial charge in [0.25, 0.3) is 0 Å². The van der Waals surface area contributed by atoms with Gasteiger partial charge in [0.05, 0.1) is 21.8 Å². The number of nitrogens with zero attached hydrogens (tertiary/aromatic N) is 4. The van der Waals surface area contributed by atoms with Crippen LogP contribution in [0.3, 0.4) is 0 Å². The first-order valence-electron chi connectivity index (χ1n) is 7.98. The summed E-state index contributed by atoms with van der Waals surface area (Å²) in [6, 6.07) is 8.07. The summed E-state index contributed by atoms with van der Waals surface area (Å²) in [5.41, 5.74) is -0.172. The molecule has 1 aromatic heterocycles. The summed E-state index contributed by atoms with van der Waals surface area (Å²) in [5.74, 6) is -1.69. The van der Waals surface area contributed by atoms with Gasteiger partial charge in [0, 0.05) is 17.3 Å². The molecule has 142 valence electrons. The maximum absolute atomic E-state index is 13.1. The van der Waals surface area contributed by atoms with E-state index < -0.39 is 17.3 Å². The summed E-state index contributed by atoms with van der Waals surface area (Å²) in [7, 11) is 0. The lowest BCUT2D eigenvalue weighted by molar-refractivity contribution is 0.0977. The average molecular weight is 427 g/mol. The largest absolute Gasteiger partial charge is 0.506 e. The molecule has 0 bridgehead atoms. The molecule has 1 aliphatic carbocycles. The number of aromatic nitrogens is 4. The summed E-state index contributed by atoms with van der Waals surface area (Å²) in [5, 5.41) is 34.9. The van der Waals surface area contributed by atoms with E-state index in [2.05, 4.69) is 25.9 Å². The number of benzene rings is 2. The summed E-state index contributed by atoms with van der Waals surface area (Å²) < 4.78 is 0. The minimum absolute atomic E-state index is 0.00242. The quantitative estimate of drug-likeness (QED) is 0.334. The maximum Gasteiger partial charge on any atom is 0.216 e. The number of phenols is 1. The van der Waals surface area contributed by atoms with Crippen molar-refractivity contribution in [2.45, 2.75) is 0 Å². The lowest BCUT2D eigenvalue weighted by Gasteiger charge is -2.23. The van der Waals surface area contributed by atoms with E-state index in [1.165, 1.54) is 18.3 Å². The predicted octanol–water partition coefficient (Wildman–Crippen LogP) is 2.96. The Hall–Kier alpha value is -3.74. The number of aromatic amines is 1. The van der Waals surface area contributed by atoms with E-state index in [0.717, 1.165) is 0 Å². The molecule has 0 saturated heterocycles. The summed E-state index contributed by atoms with van der Waals surface area (Å²) in [6.45, 7) is 0. The average Bonchev–Trinajstić information content (AvgIpc) is 3.26. The molecule has 0 spiro atoms. The van der Waals surface area contributed by atoms with Crippen LogP contribution < -0.4 is 5.32 Å². The zero-order chi connectivity index (χ0) is 20.7. The Morgan fingerprint density at radius 1 is 1.14 bits per heavy atom. The first-order valence-corrected chi connectivity index (χ1v) is 8.74. The Morgan fingerprint density at radius 2 is 1.79 bits per heavy atom. The number of hydrogen-bond donors (Lipinski definition) is 3. The summed E-state index contributed by atoms with van der Waals surface area (Å²) >= 11 is 12.3. The summed E-state index contributed by atoms with van der Waals surface area (Å²) in [6.07, 6.45) is 1.19. The third-order valence-electron chi connectivity index (χ3n) is 4.29. The van der Waals surface area contributed by atoms with Gasteiger partial charge in [0.15, 0.2) is 11.6 Å². The van der Waals surface area contributed by atoms with Crippen molar-refractivity contribution in [2.75, 3.05) is 5.32 Å². The van der Waals surface area contributed by atoms with Gasteiger partial charge in [-0.15, -0.1) is 10.2 Å². The molecule has 0 aliphatic heterocycles. The van der Waals surface area contributed by atoms with E-state index in [9.17, 15) is 20.0 Å². The Labute approximate surface area is 172 Å². The van der Waals surface area contributed by atoms with Crippen molar-refractivity contribution >= 4 is 46.0 Å². The van der Waals surface area contributed by atoms with Crippen LogP contribution in [0.1, 0.15) is 37.7 Å². The zero-order valence-electron chi connectivity index (χ0n) is 14.2. The van der Waals surface area contributed by atoms with E-state index >= 15 is 0 Å². The van der Waals surface area contributed by atoms with Crippen LogP contribution in [0.4, 0.5) is 5.69 Å². The topological polar surface area (TPSA) is 145 Å². The molecule has 3 N–H and O–H groups in total. The lowest BCUT2D eigenvalue weighted by atomic mass is 9.82. The minimum Gasteiger partial charge on any atom is -0.506 e. The van der Waals surface area contributed by atoms with Crippen molar-refractivity contribution in [3.63, 3.8) is 0 Å². The van der Waals surface area contributed by atoms with Crippen LogP contribution in [0.5, 0.6) is 5.75 Å². The molecule has 2 aromatic carbocycles. The highest BCUT2D eigenvalue weighted by molar-refractivity contribution is 6.47. The monoisotopic (exact) mass is 426 g/mol. The van der Waals surface area contributed by atoms with Crippen molar-refractivity contribution in [2.24, 2.45) is 0 Å². The van der Waals surface area contributed by atoms with Crippen molar-refractivity contribution in [3.8, 4) is 11.8 Å². The molecule has 0 amide bonds. The molecule has 11 heteroatoms. The normalized spacial score (nSPS) is 12.9. The van der Waals surface area contributed by atoms with Crippen LogP contribution in [0.15, 0.2) is 30.5 Å². The van der Waals surface area contributed by atoms with E-state index in [-0.39, 0.29) is 49.4 Å². The van der Waals surface area contributed by atoms with Gasteiger partial charge in [-0.2, -0.15) is 10.5 Å². The molecule has 9 nitrogen and oxygen atoms in total. The number of allylic oxidation sites excluding steroid dienone is 1. The molecule has 0 atom stereocenters. The van der Waals surface area contributed by atoms with Gasteiger partial charge in [-0.05, 0) is 5.21 Å². The Kier molecular flexibility index (Phi) is 4.50. The third-order valence-corrected chi connectivity index (χ3v) is 5.14. The van der Waals surface area contributed by atoms with Gasteiger partial charge in [0.1, 0.15) is 22.4 Å². The second kappa shape index (κ2) is 7.01. The Bertz CT molecular complexity index is 1260. The SMILES string of the molecule is N#CC(=CNc1c(Cl)c(Cl)c(O)c2c1C(=O)c1ccccc1C2=O)c1nn[nH]n1. The minimum atomic E-state index is -0.590. The van der Waals surface area contributed by atoms with Crippen LogP contribution in [0.2, 0.25) is 10.0 Å². The molecule has 29 heavy (non-hydrogen) atoms. The number of fused-ring (bicyclic) bond motifs is 2. The number of carbonyl (C=O) groups is 2. The van der Waals surface area contributed by atoms with Gasteiger partial charge in [-0.3, -0.25) is 9.59 Å². The third kappa shape index (κ3) is 2.82. The van der Waals surface area contributed by atoms with Crippen LogP contribution in [0, 0.1) is 11.3 Å². The molecule has 1 heterocycles. The fraction of sp³-hybridized carbons (Fsp3) is 0. The number of rotatable bonds is 3. The number of ketones is 2. The zero-order valence-corrected chi connectivity index (χ0v) is 15.7. The number of tetrazole rings is 1. The van der Waals surface area contributed by atoms with Gasteiger partial charge in [-0.25, -0.2) is 0 Å². The molecular weight excluding hydrogens is 419 g/mol. The molecule has 0 fully saturated rings. The number of aromatic hydroxyl groups is 1. The van der Waals surface area contributed by atoms with Crippen LogP contribution in [0.25, 0.3) is 5.57 Å². The first kappa shape index (κ1) is 18.6. The highest BCUT2D eigenvalue weighted by Crippen LogP contribution is 2.46. The van der Waals surface area contributed by atoms with Gasteiger partial charge >= 0.3 is 0 Å². The van der Waals surface area contributed by atoms with E-state index in [1.807, 2.05) is 6.07 Å². The van der Waals surface area contributed by atoms with Gasteiger partial charge in [-0.1, -0.05) is 47.5 Å². The van der Waals surface area contributed by atoms with Crippen LogP contribution in [-0.4, -0.2) is 37.3 Å². The van der Waals surface area contributed by atoms with Crippen molar-refractivity contribution in [3.05, 3.63) is 68.6 Å². The highest BCUT2D eigenvalue weighted by atomic mass is 35.5. The fourth-order valence-corrected chi connectivity index (χ4v) is 3.40. The molecule has 1 aliphatic rings. The first-order chi connectivity index (χ1) is 14.0. The lowest BCUT2D eigenvalue weighted by Crippen LogP contribution is -2.22. The van der Waals surface area contributed by atoms with Crippen molar-refractivity contribution in [1.82, 2.24) is 20.6 Å². The second-order valence-corrected chi connectivity index (χ2v) is 6.61. The van der Waals surface area contributed by atoms with Gasteiger partial charge in [0.2, 0.25) is 5.82 Å². The number of H-pyrrole nitrogens is 1. The van der Waals surface area contributed by atoms with E-state index in [4.69, 9.17) is 23.2 Å². The van der Waals surface area contributed by atoms with Crippen LogP contribution >= 0.6 is 23.2 Å². The number of carbonyl (C=O) groups excluding carboxylic acids is 2. The number of anilines is 1. The molecule has 0 unspecified atom stereocenters. The van der Waals surface area contributed by atoms with Gasteiger partial charge < -0.3 is 10.4 Å². The fourth-order valence-electron chi connectivity index (χ4n) is 2.98. The molecular formula is C18H8Cl2N6O3. The van der Waals surface area contributed by atoms with E-state index in [1.54, 1.807) is 12.1 Å². The van der Waals surface area contributed by atoms with Crippen LogP contribution in [-0.2, 0) is 0 Å². The number of phenolic OH excluding ortho intramolecular Hbond substituents is 1.